The van der Waals surface area contributed by atoms with Crippen LogP contribution in [0.25, 0.3) is 0 Å². The molecule has 3 N–H and O–H groups in total. The van der Waals surface area contributed by atoms with Crippen LogP contribution in [0.3, 0.4) is 0 Å². The van der Waals surface area contributed by atoms with E-state index >= 15 is 0 Å². The standard InChI is InChI=1S/C24H30O5/c1-3-4-7-15(2)19(25)13-12-17-20(26)14-21-23(17)18-10-5-8-16(24(18)29-21)9-6-11-22(27)28/h5,8,10,12-13,15,17,19-21,23,25-26H,6-7,9,11,14H2,1-2H3,(H,27,28)/b13-12-/i2D3. The van der Waals surface area contributed by atoms with Crippen LogP contribution >= 0.6 is 0 Å². The fraction of sp³-hybridized carbons (Fsp3) is 0.542. The Labute approximate surface area is 176 Å². The second kappa shape index (κ2) is 9.47. The first kappa shape index (κ1) is 17.6. The summed E-state index contributed by atoms with van der Waals surface area (Å²) in [6, 6.07) is 5.80. The normalized spacial score (nSPS) is 28.9. The Morgan fingerprint density at radius 1 is 1.48 bits per heavy atom. The number of ether oxygens (including phenoxy) is 1. The van der Waals surface area contributed by atoms with E-state index in [-0.39, 0.29) is 30.8 Å². The number of carboxylic acids is 1. The molecule has 29 heavy (non-hydrogen) atoms. The average molecular weight is 402 g/mol. The molecule has 1 fully saturated rings. The number of rotatable bonds is 8. The van der Waals surface area contributed by atoms with Gasteiger partial charge in [0.1, 0.15) is 11.9 Å². The SMILES string of the molecule is [2H]C([2H])([2H])C(CC#CC)C(O)/C=C\C1C(O)CC2Oc3c(CCCC(=O)O)cccc3C21. The number of aliphatic hydroxyl groups excluding tert-OH is 2. The van der Waals surface area contributed by atoms with E-state index in [0.29, 0.717) is 19.3 Å². The van der Waals surface area contributed by atoms with Gasteiger partial charge in [-0.05, 0) is 31.2 Å². The van der Waals surface area contributed by atoms with E-state index in [9.17, 15) is 15.0 Å². The lowest BCUT2D eigenvalue weighted by Gasteiger charge is -2.19. The minimum absolute atomic E-state index is 0.0590. The zero-order chi connectivity index (χ0) is 23.5. The van der Waals surface area contributed by atoms with Gasteiger partial charge in [0.25, 0.3) is 0 Å². The maximum Gasteiger partial charge on any atom is 0.303 e. The van der Waals surface area contributed by atoms with Crippen molar-refractivity contribution in [3.63, 3.8) is 0 Å². The van der Waals surface area contributed by atoms with Crippen molar-refractivity contribution in [2.45, 2.75) is 70.1 Å². The minimum atomic E-state index is -2.35. The molecule has 1 saturated carbocycles. The summed E-state index contributed by atoms with van der Waals surface area (Å²) >= 11 is 0. The summed E-state index contributed by atoms with van der Waals surface area (Å²) in [4.78, 5) is 10.8. The van der Waals surface area contributed by atoms with Gasteiger partial charge in [-0.3, -0.25) is 4.79 Å². The largest absolute Gasteiger partial charge is 0.489 e. The molecule has 5 heteroatoms. The highest BCUT2D eigenvalue weighted by molar-refractivity contribution is 5.66. The van der Waals surface area contributed by atoms with E-state index < -0.39 is 30.9 Å². The van der Waals surface area contributed by atoms with Crippen molar-refractivity contribution in [2.75, 3.05) is 0 Å². The third kappa shape index (κ3) is 4.83. The number of hydrogen-bond donors (Lipinski definition) is 3. The molecule has 0 amide bonds. The lowest BCUT2D eigenvalue weighted by Crippen LogP contribution is -2.19. The fourth-order valence-electron chi connectivity index (χ4n) is 4.30. The molecule has 0 bridgehead atoms. The van der Waals surface area contributed by atoms with Crippen LogP contribution in [-0.2, 0) is 11.2 Å². The quantitative estimate of drug-likeness (QED) is 0.460. The van der Waals surface area contributed by atoms with Gasteiger partial charge in [-0.25, -0.2) is 0 Å². The molecule has 3 rings (SSSR count). The summed E-state index contributed by atoms with van der Waals surface area (Å²) < 4.78 is 29.3. The molecule has 0 spiro atoms. The molecule has 0 aromatic heterocycles. The van der Waals surface area contributed by atoms with Crippen LogP contribution in [0.5, 0.6) is 5.75 Å². The number of aliphatic carboxylic acids is 1. The maximum absolute atomic E-state index is 10.8. The zero-order valence-corrected chi connectivity index (χ0v) is 16.5. The zero-order valence-electron chi connectivity index (χ0n) is 19.5. The number of carbonyl (C=O) groups is 1. The van der Waals surface area contributed by atoms with Gasteiger partial charge in [-0.1, -0.05) is 37.2 Å². The van der Waals surface area contributed by atoms with Gasteiger partial charge >= 0.3 is 5.97 Å². The first-order valence-electron chi connectivity index (χ1n) is 11.6. The highest BCUT2D eigenvalue weighted by Crippen LogP contribution is 2.52. The summed E-state index contributed by atoms with van der Waals surface area (Å²) in [7, 11) is 0. The van der Waals surface area contributed by atoms with E-state index in [4.69, 9.17) is 14.0 Å². The first-order valence-corrected chi connectivity index (χ1v) is 10.1. The maximum atomic E-state index is 10.8. The average Bonchev–Trinajstić information content (AvgIpc) is 3.20. The summed E-state index contributed by atoms with van der Waals surface area (Å²) in [5.74, 6) is 3.91. The Bertz CT molecular complexity index is 914. The molecule has 1 heterocycles. The summed E-state index contributed by atoms with van der Waals surface area (Å²) in [5.41, 5.74) is 1.92. The Morgan fingerprint density at radius 3 is 3.03 bits per heavy atom. The molecule has 2 aliphatic rings. The predicted molar refractivity (Wildman–Crippen MR) is 111 cm³/mol. The summed E-state index contributed by atoms with van der Waals surface area (Å²) in [5, 5.41) is 30.1. The molecular formula is C24H30O5. The molecular weight excluding hydrogens is 368 g/mol. The van der Waals surface area contributed by atoms with E-state index in [2.05, 4.69) is 11.8 Å². The fourth-order valence-corrected chi connectivity index (χ4v) is 4.30. The lowest BCUT2D eigenvalue weighted by atomic mass is 9.86. The Balaban J connectivity index is 1.79. The number of para-hydroxylation sites is 1. The molecule has 0 saturated heterocycles. The lowest BCUT2D eigenvalue weighted by molar-refractivity contribution is -0.137. The number of hydrogen-bond acceptors (Lipinski definition) is 4. The monoisotopic (exact) mass is 401 g/mol. The van der Waals surface area contributed by atoms with Crippen LogP contribution in [0.1, 0.15) is 60.6 Å². The minimum Gasteiger partial charge on any atom is -0.489 e. The van der Waals surface area contributed by atoms with Gasteiger partial charge in [0.15, 0.2) is 0 Å². The third-order valence-electron chi connectivity index (χ3n) is 5.77. The number of aliphatic hydroxyl groups is 2. The number of fused-ring (bicyclic) bond motifs is 3. The Kier molecular flexibility index (Phi) is 5.73. The van der Waals surface area contributed by atoms with E-state index in [0.717, 1.165) is 16.9 Å². The van der Waals surface area contributed by atoms with Crippen molar-refractivity contribution in [2.24, 2.45) is 11.8 Å². The molecule has 1 aromatic carbocycles. The summed E-state index contributed by atoms with van der Waals surface area (Å²) in [6.45, 7) is -0.723. The van der Waals surface area contributed by atoms with Crippen LogP contribution in [0, 0.1) is 23.7 Å². The molecule has 1 aliphatic carbocycles. The van der Waals surface area contributed by atoms with Crippen molar-refractivity contribution < 1.29 is 29.0 Å². The van der Waals surface area contributed by atoms with E-state index in [1.165, 1.54) is 6.08 Å². The van der Waals surface area contributed by atoms with Gasteiger partial charge in [-0.2, -0.15) is 0 Å². The molecule has 1 aliphatic heterocycles. The van der Waals surface area contributed by atoms with Crippen LogP contribution in [0.2, 0.25) is 0 Å². The van der Waals surface area contributed by atoms with E-state index in [1.54, 1.807) is 13.0 Å². The smallest absolute Gasteiger partial charge is 0.303 e. The number of carboxylic acid groups (broad SMARTS) is 1. The van der Waals surface area contributed by atoms with Crippen molar-refractivity contribution >= 4 is 5.97 Å². The summed E-state index contributed by atoms with van der Waals surface area (Å²) in [6.07, 6.45) is 2.79. The number of aryl methyl sites for hydroxylation is 1. The highest BCUT2D eigenvalue weighted by Gasteiger charge is 2.48. The molecule has 6 atom stereocenters. The second-order valence-electron chi connectivity index (χ2n) is 7.76. The van der Waals surface area contributed by atoms with Gasteiger partial charge in [-0.15, -0.1) is 11.8 Å². The van der Waals surface area contributed by atoms with Crippen LogP contribution in [0.4, 0.5) is 0 Å². The van der Waals surface area contributed by atoms with Gasteiger partial charge in [0.2, 0.25) is 0 Å². The van der Waals surface area contributed by atoms with Gasteiger partial charge in [0, 0.05) is 40.8 Å². The van der Waals surface area contributed by atoms with Crippen molar-refractivity contribution in [1.82, 2.24) is 0 Å². The van der Waals surface area contributed by atoms with Gasteiger partial charge in [0.05, 0.1) is 12.2 Å². The Hall–Kier alpha value is -2.29. The highest BCUT2D eigenvalue weighted by atomic mass is 16.5. The first-order chi connectivity index (χ1) is 15.1. The molecule has 5 nitrogen and oxygen atoms in total. The van der Waals surface area contributed by atoms with Crippen LogP contribution in [-0.4, -0.2) is 39.6 Å². The molecule has 156 valence electrons. The third-order valence-corrected chi connectivity index (χ3v) is 5.77. The van der Waals surface area contributed by atoms with Crippen LogP contribution in [0.15, 0.2) is 30.4 Å². The molecule has 1 aromatic rings. The molecule has 6 unspecified atom stereocenters. The van der Waals surface area contributed by atoms with Gasteiger partial charge < -0.3 is 20.1 Å². The van der Waals surface area contributed by atoms with Crippen LogP contribution < -0.4 is 4.74 Å². The number of benzene rings is 1. The Morgan fingerprint density at radius 2 is 2.31 bits per heavy atom. The van der Waals surface area contributed by atoms with Crippen molar-refractivity contribution in [1.29, 1.82) is 0 Å². The predicted octanol–water partition coefficient (Wildman–Crippen LogP) is 3.29. The van der Waals surface area contributed by atoms with Crippen molar-refractivity contribution in [3.8, 4) is 17.6 Å². The molecule has 0 radical (unpaired) electrons. The second-order valence-corrected chi connectivity index (χ2v) is 7.76. The topological polar surface area (TPSA) is 87.0 Å². The van der Waals surface area contributed by atoms with Crippen molar-refractivity contribution in [3.05, 3.63) is 41.5 Å². The van der Waals surface area contributed by atoms with E-state index in [1.807, 2.05) is 18.2 Å².